The Morgan fingerprint density at radius 3 is 2.85 bits per heavy atom. The van der Waals surface area contributed by atoms with Gasteiger partial charge in [0.2, 0.25) is 4.77 Å². The number of hydrogen-bond acceptors (Lipinski definition) is 4. The van der Waals surface area contributed by atoms with Crippen molar-refractivity contribution in [1.29, 1.82) is 0 Å². The Kier molecular flexibility index (Phi) is 5.91. The summed E-state index contributed by atoms with van der Waals surface area (Å²) < 4.78 is 20.6. The van der Waals surface area contributed by atoms with E-state index in [2.05, 4.69) is 22.2 Å². The van der Waals surface area contributed by atoms with Crippen LogP contribution in [0.1, 0.15) is 30.3 Å². The molecule has 7 heteroatoms. The first kappa shape index (κ1) is 18.0. The second kappa shape index (κ2) is 8.53. The van der Waals surface area contributed by atoms with E-state index in [1.807, 2.05) is 24.3 Å². The van der Waals surface area contributed by atoms with E-state index in [9.17, 15) is 4.39 Å². The van der Waals surface area contributed by atoms with Gasteiger partial charge in [-0.05, 0) is 54.0 Å². The van der Waals surface area contributed by atoms with Crippen molar-refractivity contribution in [1.82, 2.24) is 14.9 Å². The Labute approximate surface area is 156 Å². The summed E-state index contributed by atoms with van der Waals surface area (Å²) >= 11 is 5.25. The molecule has 1 aromatic heterocycles. The van der Waals surface area contributed by atoms with Gasteiger partial charge in [-0.25, -0.2) is 4.39 Å². The van der Waals surface area contributed by atoms with E-state index in [1.54, 1.807) is 23.0 Å². The average Bonchev–Trinajstić information content (AvgIpc) is 3.00. The summed E-state index contributed by atoms with van der Waals surface area (Å²) in [6.45, 7) is 2.74. The molecule has 1 N–H and O–H groups in total. The summed E-state index contributed by atoms with van der Waals surface area (Å²) in [5.74, 6) is 1.19. The number of nitrogens with one attached hydrogen (secondary N) is 1. The maximum absolute atomic E-state index is 13.1. The van der Waals surface area contributed by atoms with E-state index in [0.29, 0.717) is 23.6 Å². The molecule has 26 heavy (non-hydrogen) atoms. The molecular formula is C19H19FN4OS. The zero-order valence-electron chi connectivity index (χ0n) is 14.4. The molecular weight excluding hydrogens is 351 g/mol. The van der Waals surface area contributed by atoms with Gasteiger partial charge in [-0.2, -0.15) is 14.9 Å². The minimum Gasteiger partial charge on any atom is -0.494 e. The summed E-state index contributed by atoms with van der Waals surface area (Å²) in [6.07, 6.45) is 3.15. The van der Waals surface area contributed by atoms with Crippen molar-refractivity contribution in [2.24, 2.45) is 5.10 Å². The Bertz CT molecular complexity index is 947. The third-order valence-electron chi connectivity index (χ3n) is 3.65. The maximum Gasteiger partial charge on any atom is 0.216 e. The van der Waals surface area contributed by atoms with E-state index in [0.717, 1.165) is 23.3 Å². The zero-order valence-corrected chi connectivity index (χ0v) is 15.2. The lowest BCUT2D eigenvalue weighted by Gasteiger charge is -2.05. The normalized spacial score (nSPS) is 11.2. The molecule has 2 aromatic carbocycles. The highest BCUT2D eigenvalue weighted by Crippen LogP contribution is 2.13. The number of ether oxygens (including phenoxy) is 1. The summed E-state index contributed by atoms with van der Waals surface area (Å²) in [5.41, 5.74) is 1.82. The number of hydrogen-bond donors (Lipinski definition) is 1. The van der Waals surface area contributed by atoms with Crippen molar-refractivity contribution >= 4 is 18.4 Å². The van der Waals surface area contributed by atoms with Gasteiger partial charge in [0.15, 0.2) is 5.82 Å². The highest BCUT2D eigenvalue weighted by Gasteiger charge is 2.06. The van der Waals surface area contributed by atoms with Crippen LogP contribution in [0.2, 0.25) is 0 Å². The van der Waals surface area contributed by atoms with Crippen LogP contribution in [0, 0.1) is 10.6 Å². The summed E-state index contributed by atoms with van der Waals surface area (Å²) in [4.78, 5) is 0. The number of aromatic nitrogens is 3. The molecule has 0 radical (unpaired) electrons. The lowest BCUT2D eigenvalue weighted by molar-refractivity contribution is 0.317. The van der Waals surface area contributed by atoms with Gasteiger partial charge >= 0.3 is 0 Å². The molecule has 0 atom stereocenters. The van der Waals surface area contributed by atoms with Crippen LogP contribution >= 0.6 is 12.2 Å². The van der Waals surface area contributed by atoms with E-state index < -0.39 is 0 Å². The monoisotopic (exact) mass is 370 g/mol. The first-order chi connectivity index (χ1) is 12.7. The van der Waals surface area contributed by atoms with Crippen molar-refractivity contribution in [2.75, 3.05) is 6.61 Å². The Morgan fingerprint density at radius 2 is 2.08 bits per heavy atom. The molecule has 0 aliphatic carbocycles. The standard InChI is InChI=1S/C19H19FN4OS/c1-2-10-25-17-5-3-4-15(11-17)13-21-24-18(22-23-19(24)26)12-14-6-8-16(20)9-7-14/h3-9,11,13H,2,10,12H2,1H3,(H,23,26)/b21-13-. The predicted octanol–water partition coefficient (Wildman–Crippen LogP) is 4.34. The predicted molar refractivity (Wildman–Crippen MR) is 102 cm³/mol. The Morgan fingerprint density at radius 1 is 1.27 bits per heavy atom. The minimum atomic E-state index is -0.268. The largest absolute Gasteiger partial charge is 0.494 e. The molecule has 0 bridgehead atoms. The molecule has 1 heterocycles. The minimum absolute atomic E-state index is 0.268. The first-order valence-electron chi connectivity index (χ1n) is 8.33. The average molecular weight is 370 g/mol. The number of benzene rings is 2. The SMILES string of the molecule is CCCOc1cccc(/C=N\n2c(Cc3ccc(F)cc3)n[nH]c2=S)c1. The topological polar surface area (TPSA) is 55.2 Å². The van der Waals surface area contributed by atoms with Gasteiger partial charge in [0.25, 0.3) is 0 Å². The zero-order chi connectivity index (χ0) is 18.4. The van der Waals surface area contributed by atoms with Gasteiger partial charge in [-0.3, -0.25) is 5.10 Å². The molecule has 0 aliphatic heterocycles. The second-order valence-electron chi connectivity index (χ2n) is 5.73. The Balaban J connectivity index is 1.79. The van der Waals surface area contributed by atoms with Crippen LogP contribution in [0.5, 0.6) is 5.75 Å². The molecule has 134 valence electrons. The third-order valence-corrected chi connectivity index (χ3v) is 3.91. The van der Waals surface area contributed by atoms with Crippen LogP contribution in [0.25, 0.3) is 0 Å². The molecule has 3 rings (SSSR count). The van der Waals surface area contributed by atoms with Gasteiger partial charge in [0.05, 0.1) is 12.8 Å². The first-order valence-corrected chi connectivity index (χ1v) is 8.74. The highest BCUT2D eigenvalue weighted by molar-refractivity contribution is 7.71. The maximum atomic E-state index is 13.1. The van der Waals surface area contributed by atoms with Gasteiger partial charge < -0.3 is 4.74 Å². The fourth-order valence-corrected chi connectivity index (χ4v) is 2.57. The van der Waals surface area contributed by atoms with E-state index >= 15 is 0 Å². The molecule has 0 spiro atoms. The van der Waals surface area contributed by atoms with Crippen LogP contribution in [-0.4, -0.2) is 27.7 Å². The van der Waals surface area contributed by atoms with Gasteiger partial charge in [-0.15, -0.1) is 0 Å². The quantitative estimate of drug-likeness (QED) is 0.497. The van der Waals surface area contributed by atoms with Gasteiger partial charge in [-0.1, -0.05) is 31.2 Å². The second-order valence-corrected chi connectivity index (χ2v) is 6.11. The molecule has 0 saturated carbocycles. The number of nitrogens with zero attached hydrogens (tertiary/aromatic N) is 3. The molecule has 0 fully saturated rings. The number of aromatic amines is 1. The van der Waals surface area contributed by atoms with Crippen molar-refractivity contribution in [3.05, 3.63) is 76.1 Å². The van der Waals surface area contributed by atoms with Gasteiger partial charge in [0.1, 0.15) is 11.6 Å². The lowest BCUT2D eigenvalue weighted by atomic mass is 10.1. The van der Waals surface area contributed by atoms with E-state index in [1.165, 1.54) is 12.1 Å². The summed E-state index contributed by atoms with van der Waals surface area (Å²) in [5, 5.41) is 11.4. The molecule has 0 unspecified atom stereocenters. The van der Waals surface area contributed by atoms with Crippen LogP contribution in [0.3, 0.4) is 0 Å². The lowest BCUT2D eigenvalue weighted by Crippen LogP contribution is -2.01. The number of halogens is 1. The van der Waals surface area contributed by atoms with Crippen molar-refractivity contribution in [2.45, 2.75) is 19.8 Å². The molecule has 5 nitrogen and oxygen atoms in total. The summed E-state index contributed by atoms with van der Waals surface area (Å²) in [6, 6.07) is 14.0. The Hall–Kier alpha value is -2.80. The van der Waals surface area contributed by atoms with Crippen molar-refractivity contribution in [3.63, 3.8) is 0 Å². The van der Waals surface area contributed by atoms with E-state index in [-0.39, 0.29) is 5.82 Å². The van der Waals surface area contributed by atoms with Crippen LogP contribution in [0.15, 0.2) is 53.6 Å². The molecule has 0 aliphatic rings. The molecule has 0 saturated heterocycles. The highest BCUT2D eigenvalue weighted by atomic mass is 32.1. The third kappa shape index (κ3) is 4.64. The fraction of sp³-hybridized carbons (Fsp3) is 0.211. The number of rotatable bonds is 7. The number of H-pyrrole nitrogens is 1. The van der Waals surface area contributed by atoms with Crippen LogP contribution < -0.4 is 4.74 Å². The van der Waals surface area contributed by atoms with Crippen molar-refractivity contribution < 1.29 is 9.13 Å². The van der Waals surface area contributed by atoms with Crippen molar-refractivity contribution in [3.8, 4) is 5.75 Å². The summed E-state index contributed by atoms with van der Waals surface area (Å²) in [7, 11) is 0. The van der Waals surface area contributed by atoms with E-state index in [4.69, 9.17) is 17.0 Å². The molecule has 3 aromatic rings. The van der Waals surface area contributed by atoms with Crippen LogP contribution in [0.4, 0.5) is 4.39 Å². The van der Waals surface area contributed by atoms with Crippen LogP contribution in [-0.2, 0) is 6.42 Å². The fourth-order valence-electron chi connectivity index (χ4n) is 2.37. The molecule has 0 amide bonds. The smallest absolute Gasteiger partial charge is 0.216 e. The van der Waals surface area contributed by atoms with Gasteiger partial charge in [0, 0.05) is 6.42 Å².